The Kier molecular flexibility index (Phi) is 22.2. The van der Waals surface area contributed by atoms with E-state index in [1.807, 2.05) is 0 Å². The second-order valence-electron chi connectivity index (χ2n) is 13.9. The second kappa shape index (κ2) is 26.1. The predicted octanol–water partition coefficient (Wildman–Crippen LogP) is 15.8. The highest BCUT2D eigenvalue weighted by atomic mass is 32.9. The molecule has 1 unspecified atom stereocenters. The van der Waals surface area contributed by atoms with Gasteiger partial charge in [-0.05, 0) is 96.8 Å². The van der Waals surface area contributed by atoms with Crippen molar-refractivity contribution in [3.05, 3.63) is 95.6 Å². The molecule has 3 aromatic rings. The van der Waals surface area contributed by atoms with Gasteiger partial charge in [-0.15, -0.1) is 0 Å². The maximum absolute atomic E-state index is 6.59. The first-order valence-electron chi connectivity index (χ1n) is 19.9. The maximum atomic E-state index is 6.59. The monoisotopic (exact) mass is 722 g/mol. The molecule has 0 aliphatic carbocycles. The van der Waals surface area contributed by atoms with Gasteiger partial charge >= 0.3 is 5.69 Å². The van der Waals surface area contributed by atoms with Crippen molar-refractivity contribution < 1.29 is 9.05 Å². The molecule has 0 bridgehead atoms. The molecule has 0 saturated heterocycles. The molecule has 0 fully saturated rings. The molecule has 0 radical (unpaired) electrons. The molecule has 0 amide bonds. The molecule has 49 heavy (non-hydrogen) atoms. The lowest BCUT2D eigenvalue weighted by Crippen LogP contribution is -2.01. The highest BCUT2D eigenvalue weighted by molar-refractivity contribution is 8.68. The fourth-order valence-corrected chi connectivity index (χ4v) is 11.9. The third-order valence-electron chi connectivity index (χ3n) is 9.48. The van der Waals surface area contributed by atoms with Crippen molar-refractivity contribution in [2.45, 2.75) is 167 Å². The van der Waals surface area contributed by atoms with Gasteiger partial charge in [-0.3, -0.25) is 0 Å². The fraction of sp³-hybridized carbons (Fsp3) is 0.591. The highest BCUT2D eigenvalue weighted by Crippen LogP contribution is 2.64. The van der Waals surface area contributed by atoms with Crippen LogP contribution in [-0.4, -0.2) is 0 Å². The standard InChI is InChI=1S/C44H67O2PS2/c1-4-6-8-10-12-14-16-18-20-23-27-40-31-35-43(36-32-40)45-47(48,49-39(3)42-29-25-22-26-30-42)46-44-37-33-41(34-38-44)28-24-21-19-17-15-13-11-9-7-5-2/h22,25-26,29-39H,4-21,23-24,27-28H2,1-3H3. The molecular weight excluding hydrogens is 656 g/mol. The van der Waals surface area contributed by atoms with Crippen molar-refractivity contribution in [1.29, 1.82) is 0 Å². The molecule has 2 nitrogen and oxygen atoms in total. The fourth-order valence-electron chi connectivity index (χ4n) is 6.37. The van der Waals surface area contributed by atoms with E-state index in [0.29, 0.717) is 0 Å². The van der Waals surface area contributed by atoms with Crippen molar-refractivity contribution >= 4 is 28.9 Å². The molecule has 0 aromatic heterocycles. The van der Waals surface area contributed by atoms with Gasteiger partial charge in [-0.1, -0.05) is 184 Å². The van der Waals surface area contributed by atoms with Crippen LogP contribution in [0.3, 0.4) is 0 Å². The lowest BCUT2D eigenvalue weighted by atomic mass is 10.0. The van der Waals surface area contributed by atoms with Gasteiger partial charge in [0.1, 0.15) is 11.5 Å². The van der Waals surface area contributed by atoms with Gasteiger partial charge in [0, 0.05) is 5.25 Å². The van der Waals surface area contributed by atoms with Crippen LogP contribution in [0.25, 0.3) is 0 Å². The molecule has 0 aliphatic heterocycles. The summed E-state index contributed by atoms with van der Waals surface area (Å²) >= 11 is 7.87. The van der Waals surface area contributed by atoms with Crippen LogP contribution in [0.4, 0.5) is 0 Å². The number of benzene rings is 3. The van der Waals surface area contributed by atoms with Crippen molar-refractivity contribution in [3.8, 4) is 11.5 Å². The van der Waals surface area contributed by atoms with Crippen molar-refractivity contribution in [2.75, 3.05) is 0 Å². The van der Waals surface area contributed by atoms with E-state index in [0.717, 1.165) is 24.3 Å². The zero-order valence-corrected chi connectivity index (χ0v) is 33.7. The molecule has 3 rings (SSSR count). The van der Waals surface area contributed by atoms with Crippen LogP contribution in [0.15, 0.2) is 78.9 Å². The first-order valence-corrected chi connectivity index (χ1v) is 24.0. The van der Waals surface area contributed by atoms with Crippen LogP contribution in [0, 0.1) is 0 Å². The third kappa shape index (κ3) is 18.9. The van der Waals surface area contributed by atoms with E-state index in [-0.39, 0.29) is 5.25 Å². The van der Waals surface area contributed by atoms with E-state index in [1.54, 1.807) is 11.4 Å². The summed E-state index contributed by atoms with van der Waals surface area (Å²) in [7, 11) is 0. The summed E-state index contributed by atoms with van der Waals surface area (Å²) in [6.45, 7) is 6.77. The Morgan fingerprint density at radius 3 is 1.20 bits per heavy atom. The predicted molar refractivity (Wildman–Crippen MR) is 222 cm³/mol. The van der Waals surface area contributed by atoms with Crippen LogP contribution in [0.5, 0.6) is 11.5 Å². The van der Waals surface area contributed by atoms with Gasteiger partial charge < -0.3 is 9.05 Å². The van der Waals surface area contributed by atoms with Gasteiger partial charge in [0.25, 0.3) is 0 Å². The number of hydrogen-bond acceptors (Lipinski definition) is 4. The minimum absolute atomic E-state index is 0.151. The smallest absolute Gasteiger partial charge is 0.349 e. The molecule has 0 saturated carbocycles. The minimum atomic E-state index is -2.76. The van der Waals surface area contributed by atoms with Crippen molar-refractivity contribution in [1.82, 2.24) is 0 Å². The molecule has 0 heterocycles. The number of aryl methyl sites for hydroxylation is 2. The summed E-state index contributed by atoms with van der Waals surface area (Å²) in [5.74, 6) is 1.58. The average molecular weight is 723 g/mol. The Labute approximate surface area is 310 Å². The molecule has 272 valence electrons. The quantitative estimate of drug-likeness (QED) is 0.0524. The molecule has 5 heteroatoms. The third-order valence-corrected chi connectivity index (χ3v) is 14.6. The topological polar surface area (TPSA) is 18.5 Å². The molecule has 0 aliphatic rings. The largest absolute Gasteiger partial charge is 0.428 e. The van der Waals surface area contributed by atoms with Gasteiger partial charge in [0.15, 0.2) is 0 Å². The summed E-state index contributed by atoms with van der Waals surface area (Å²) in [6, 6.07) is 27.7. The molecule has 1 atom stereocenters. The zero-order chi connectivity index (χ0) is 34.8. The van der Waals surface area contributed by atoms with Gasteiger partial charge in [-0.2, -0.15) is 0 Å². The Bertz CT molecular complexity index is 1190. The lowest BCUT2D eigenvalue weighted by molar-refractivity contribution is 0.505. The van der Waals surface area contributed by atoms with Gasteiger partial charge in [-0.25, -0.2) is 0 Å². The molecule has 0 N–H and O–H groups in total. The highest BCUT2D eigenvalue weighted by Gasteiger charge is 2.28. The number of unbranched alkanes of at least 4 members (excludes halogenated alkanes) is 18. The minimum Gasteiger partial charge on any atom is -0.428 e. The summed E-state index contributed by atoms with van der Waals surface area (Å²) in [5, 5.41) is 0.151. The van der Waals surface area contributed by atoms with Gasteiger partial charge in [0.05, 0.1) is 0 Å². The normalized spacial score (nSPS) is 12.2. The summed E-state index contributed by atoms with van der Waals surface area (Å²) in [6.07, 6.45) is 29.5. The van der Waals surface area contributed by atoms with E-state index >= 15 is 0 Å². The number of rotatable bonds is 29. The van der Waals surface area contributed by atoms with E-state index < -0.39 is 5.69 Å². The van der Waals surface area contributed by atoms with Crippen LogP contribution < -0.4 is 9.05 Å². The van der Waals surface area contributed by atoms with Gasteiger partial charge in [0.2, 0.25) is 0 Å². The molecular formula is C44H67O2PS2. The SMILES string of the molecule is CCCCCCCCCCCCc1ccc(OP(=S)(Oc2ccc(CCCCCCCCCCCC)cc2)SC(C)c2ccccc2)cc1. The summed E-state index contributed by atoms with van der Waals surface area (Å²) in [4.78, 5) is 0. The van der Waals surface area contributed by atoms with Crippen LogP contribution >= 0.6 is 17.1 Å². The van der Waals surface area contributed by atoms with E-state index in [9.17, 15) is 0 Å². The maximum Gasteiger partial charge on any atom is 0.349 e. The van der Waals surface area contributed by atoms with E-state index in [2.05, 4.69) is 99.6 Å². The zero-order valence-electron chi connectivity index (χ0n) is 31.2. The van der Waals surface area contributed by atoms with E-state index in [4.69, 9.17) is 20.9 Å². The van der Waals surface area contributed by atoms with Crippen LogP contribution in [-0.2, 0) is 24.6 Å². The van der Waals surface area contributed by atoms with E-state index in [1.165, 1.54) is 145 Å². The Morgan fingerprint density at radius 2 is 0.837 bits per heavy atom. The van der Waals surface area contributed by atoms with Crippen molar-refractivity contribution in [3.63, 3.8) is 0 Å². The van der Waals surface area contributed by atoms with Crippen molar-refractivity contribution in [2.24, 2.45) is 0 Å². The van der Waals surface area contributed by atoms with Crippen LogP contribution in [0.2, 0.25) is 0 Å². The second-order valence-corrected chi connectivity index (χ2v) is 20.3. The molecule has 0 spiro atoms. The summed E-state index contributed by atoms with van der Waals surface area (Å²) < 4.78 is 13.2. The summed E-state index contributed by atoms with van der Waals surface area (Å²) in [5.41, 5.74) is 1.20. The Morgan fingerprint density at radius 1 is 0.490 bits per heavy atom. The Hall–Kier alpha value is -1.74. The first kappa shape index (κ1) is 41.7. The average Bonchev–Trinajstić information content (AvgIpc) is 3.11. The lowest BCUT2D eigenvalue weighted by Gasteiger charge is -2.26. The van der Waals surface area contributed by atoms with Crippen LogP contribution in [0.1, 0.15) is 171 Å². The number of hydrogen-bond donors (Lipinski definition) is 0. The first-order chi connectivity index (χ1) is 24.0. The molecule has 3 aromatic carbocycles. The Balaban J connectivity index is 1.47.